The average molecular weight is 225 g/mol. The number of aliphatic hydroxyl groups excluding tert-OH is 1. The van der Waals surface area contributed by atoms with Gasteiger partial charge in [-0.1, -0.05) is 12.8 Å². The summed E-state index contributed by atoms with van der Waals surface area (Å²) in [5.41, 5.74) is 0. The molecular formula is C13H23NO2. The van der Waals surface area contributed by atoms with E-state index in [9.17, 15) is 9.90 Å². The molecule has 2 aliphatic carbocycles. The third-order valence-electron chi connectivity index (χ3n) is 4.31. The van der Waals surface area contributed by atoms with E-state index < -0.39 is 0 Å². The summed E-state index contributed by atoms with van der Waals surface area (Å²) >= 11 is 0. The number of nitrogens with one attached hydrogen (secondary N) is 1. The Labute approximate surface area is 97.6 Å². The first-order valence-corrected chi connectivity index (χ1v) is 6.67. The summed E-state index contributed by atoms with van der Waals surface area (Å²) in [6.45, 7) is 1.06. The van der Waals surface area contributed by atoms with Crippen LogP contribution in [-0.4, -0.2) is 24.2 Å². The van der Waals surface area contributed by atoms with Gasteiger partial charge in [0, 0.05) is 19.6 Å². The van der Waals surface area contributed by atoms with Crippen LogP contribution in [0.2, 0.25) is 0 Å². The number of carbonyl (C=O) groups excluding carboxylic acids is 1. The van der Waals surface area contributed by atoms with Crippen molar-refractivity contribution in [2.45, 2.75) is 44.9 Å². The first-order valence-electron chi connectivity index (χ1n) is 6.67. The van der Waals surface area contributed by atoms with Gasteiger partial charge in [-0.3, -0.25) is 4.79 Å². The third-order valence-corrected chi connectivity index (χ3v) is 4.31. The van der Waals surface area contributed by atoms with E-state index in [1.165, 1.54) is 25.7 Å². The molecule has 2 fully saturated rings. The predicted molar refractivity (Wildman–Crippen MR) is 62.9 cm³/mol. The summed E-state index contributed by atoms with van der Waals surface area (Å²) in [6, 6.07) is 0. The Kier molecular flexibility index (Phi) is 4.22. The Morgan fingerprint density at radius 1 is 1.12 bits per heavy atom. The minimum absolute atomic E-state index is 0.216. The molecule has 0 bridgehead atoms. The molecule has 3 heteroatoms. The number of rotatable bonds is 5. The molecule has 92 valence electrons. The van der Waals surface area contributed by atoms with Crippen LogP contribution < -0.4 is 5.32 Å². The summed E-state index contributed by atoms with van der Waals surface area (Å²) in [6.07, 6.45) is 7.97. The number of amides is 1. The van der Waals surface area contributed by atoms with E-state index in [0.29, 0.717) is 17.8 Å². The lowest BCUT2D eigenvalue weighted by Gasteiger charge is -2.25. The van der Waals surface area contributed by atoms with Gasteiger partial charge in [-0.15, -0.1) is 0 Å². The van der Waals surface area contributed by atoms with Crippen molar-refractivity contribution in [3.8, 4) is 0 Å². The molecule has 0 saturated heterocycles. The maximum atomic E-state index is 11.6. The van der Waals surface area contributed by atoms with Crippen molar-refractivity contribution in [1.29, 1.82) is 0 Å². The molecule has 0 aromatic rings. The second kappa shape index (κ2) is 5.67. The monoisotopic (exact) mass is 225 g/mol. The van der Waals surface area contributed by atoms with Gasteiger partial charge in [0.15, 0.2) is 0 Å². The average Bonchev–Trinajstić information content (AvgIpc) is 2.68. The zero-order valence-corrected chi connectivity index (χ0v) is 9.95. The van der Waals surface area contributed by atoms with Crippen LogP contribution in [0.3, 0.4) is 0 Å². The van der Waals surface area contributed by atoms with Crippen LogP contribution in [0, 0.1) is 17.8 Å². The molecule has 2 aliphatic rings. The lowest BCUT2D eigenvalue weighted by molar-refractivity contribution is -0.122. The Morgan fingerprint density at radius 3 is 2.44 bits per heavy atom. The van der Waals surface area contributed by atoms with E-state index >= 15 is 0 Å². The summed E-state index contributed by atoms with van der Waals surface area (Å²) < 4.78 is 0. The van der Waals surface area contributed by atoms with E-state index in [0.717, 1.165) is 25.8 Å². The lowest BCUT2D eigenvalue weighted by Crippen LogP contribution is -2.33. The van der Waals surface area contributed by atoms with Crippen LogP contribution >= 0.6 is 0 Å². The van der Waals surface area contributed by atoms with E-state index in [1.54, 1.807) is 0 Å². The topological polar surface area (TPSA) is 49.3 Å². The van der Waals surface area contributed by atoms with Crippen molar-refractivity contribution in [3.05, 3.63) is 0 Å². The van der Waals surface area contributed by atoms with Crippen LogP contribution in [0.15, 0.2) is 0 Å². The van der Waals surface area contributed by atoms with Gasteiger partial charge in [0.05, 0.1) is 0 Å². The van der Waals surface area contributed by atoms with Crippen LogP contribution in [0.25, 0.3) is 0 Å². The molecule has 0 aromatic heterocycles. The van der Waals surface area contributed by atoms with Crippen molar-refractivity contribution < 1.29 is 9.90 Å². The fourth-order valence-electron chi connectivity index (χ4n) is 2.90. The van der Waals surface area contributed by atoms with Crippen molar-refractivity contribution in [1.82, 2.24) is 5.32 Å². The maximum Gasteiger partial charge on any atom is 0.220 e. The fourth-order valence-corrected chi connectivity index (χ4v) is 2.90. The van der Waals surface area contributed by atoms with Crippen LogP contribution in [0.1, 0.15) is 44.9 Å². The molecule has 0 heterocycles. The summed E-state index contributed by atoms with van der Waals surface area (Å²) in [7, 11) is 0. The van der Waals surface area contributed by atoms with Crippen LogP contribution in [0.4, 0.5) is 0 Å². The number of hydrogen-bond donors (Lipinski definition) is 2. The van der Waals surface area contributed by atoms with Gasteiger partial charge in [-0.2, -0.15) is 0 Å². The van der Waals surface area contributed by atoms with E-state index in [4.69, 9.17) is 0 Å². The minimum Gasteiger partial charge on any atom is -0.396 e. The number of hydrogen-bond acceptors (Lipinski definition) is 2. The molecule has 0 aromatic carbocycles. The van der Waals surface area contributed by atoms with Crippen molar-refractivity contribution >= 4 is 5.91 Å². The highest BCUT2D eigenvalue weighted by Crippen LogP contribution is 2.31. The predicted octanol–water partition coefficient (Wildman–Crippen LogP) is 1.70. The quantitative estimate of drug-likeness (QED) is 0.748. The van der Waals surface area contributed by atoms with E-state index in [2.05, 4.69) is 5.32 Å². The van der Waals surface area contributed by atoms with Crippen molar-refractivity contribution in [2.24, 2.45) is 17.8 Å². The third kappa shape index (κ3) is 2.97. The molecule has 2 N–H and O–H groups in total. The molecule has 0 spiro atoms. The van der Waals surface area contributed by atoms with Crippen molar-refractivity contribution in [2.75, 3.05) is 13.2 Å². The molecular weight excluding hydrogens is 202 g/mol. The zero-order chi connectivity index (χ0) is 11.4. The van der Waals surface area contributed by atoms with Gasteiger partial charge >= 0.3 is 0 Å². The summed E-state index contributed by atoms with van der Waals surface area (Å²) in [4.78, 5) is 11.6. The molecule has 2 saturated carbocycles. The molecule has 2 rings (SSSR count). The Morgan fingerprint density at radius 2 is 1.81 bits per heavy atom. The summed E-state index contributed by atoms with van der Waals surface area (Å²) in [5.74, 6) is 1.80. The normalized spacial score (nSPS) is 30.1. The number of carbonyl (C=O) groups is 1. The molecule has 16 heavy (non-hydrogen) atoms. The first-order chi connectivity index (χ1) is 7.79. The van der Waals surface area contributed by atoms with Crippen molar-refractivity contribution in [3.63, 3.8) is 0 Å². The van der Waals surface area contributed by atoms with Gasteiger partial charge in [0.1, 0.15) is 0 Å². The largest absolute Gasteiger partial charge is 0.396 e. The minimum atomic E-state index is 0.216. The SMILES string of the molecule is O=C(CC1CCC1)NCC1CCCC1CO. The van der Waals surface area contributed by atoms with Gasteiger partial charge in [0.25, 0.3) is 0 Å². The summed E-state index contributed by atoms with van der Waals surface area (Å²) in [5, 5.41) is 12.2. The molecule has 0 aliphatic heterocycles. The highest BCUT2D eigenvalue weighted by atomic mass is 16.3. The van der Waals surface area contributed by atoms with Gasteiger partial charge in [-0.05, 0) is 43.4 Å². The molecule has 2 atom stereocenters. The second-order valence-electron chi connectivity index (χ2n) is 5.44. The molecule has 3 nitrogen and oxygen atoms in total. The zero-order valence-electron chi connectivity index (χ0n) is 9.95. The van der Waals surface area contributed by atoms with E-state index in [1.807, 2.05) is 0 Å². The van der Waals surface area contributed by atoms with Gasteiger partial charge in [0.2, 0.25) is 5.91 Å². The van der Waals surface area contributed by atoms with Gasteiger partial charge < -0.3 is 10.4 Å². The number of aliphatic hydroxyl groups is 1. The highest BCUT2D eigenvalue weighted by molar-refractivity contribution is 5.76. The molecule has 2 unspecified atom stereocenters. The molecule has 0 radical (unpaired) electrons. The molecule has 1 amide bonds. The highest BCUT2D eigenvalue weighted by Gasteiger charge is 2.27. The van der Waals surface area contributed by atoms with Gasteiger partial charge in [-0.25, -0.2) is 0 Å². The standard InChI is InChI=1S/C13H23NO2/c15-9-12-6-2-5-11(12)8-14-13(16)7-10-3-1-4-10/h10-12,15H,1-9H2,(H,14,16). The Bertz CT molecular complexity index is 238. The second-order valence-corrected chi connectivity index (χ2v) is 5.44. The lowest BCUT2D eigenvalue weighted by atomic mass is 9.83. The first kappa shape index (κ1) is 11.9. The maximum absolute atomic E-state index is 11.6. The van der Waals surface area contributed by atoms with E-state index in [-0.39, 0.29) is 12.5 Å². The Balaban J connectivity index is 1.63. The van der Waals surface area contributed by atoms with Crippen LogP contribution in [0.5, 0.6) is 0 Å². The Hall–Kier alpha value is -0.570. The fraction of sp³-hybridized carbons (Fsp3) is 0.923. The van der Waals surface area contributed by atoms with Crippen LogP contribution in [-0.2, 0) is 4.79 Å². The smallest absolute Gasteiger partial charge is 0.220 e.